The molecule has 2 N–H and O–H groups in total. The van der Waals surface area contributed by atoms with Crippen molar-refractivity contribution in [3.63, 3.8) is 0 Å². The van der Waals surface area contributed by atoms with Gasteiger partial charge < -0.3 is 15.2 Å². The number of hydrogen-bond donors (Lipinski definition) is 2. The molecule has 1 amide bonds. The summed E-state index contributed by atoms with van der Waals surface area (Å²) >= 11 is 0. The molecular formula is C13H16FNO4. The first-order chi connectivity index (χ1) is 8.78. The highest BCUT2D eigenvalue weighted by molar-refractivity contribution is 5.86. The van der Waals surface area contributed by atoms with Crippen LogP contribution in [0.4, 0.5) is 4.39 Å². The molecule has 0 saturated carbocycles. The lowest BCUT2D eigenvalue weighted by Gasteiger charge is -2.26. The fourth-order valence-electron chi connectivity index (χ4n) is 1.83. The van der Waals surface area contributed by atoms with Crippen molar-refractivity contribution in [2.45, 2.75) is 25.8 Å². The Morgan fingerprint density at radius 2 is 2.11 bits per heavy atom. The van der Waals surface area contributed by atoms with Gasteiger partial charge in [-0.25, -0.2) is 9.18 Å². The Balaban J connectivity index is 3.12. The summed E-state index contributed by atoms with van der Waals surface area (Å²) in [6.07, 6.45) is -0.0805. The first-order valence-electron chi connectivity index (χ1n) is 5.63. The van der Waals surface area contributed by atoms with Crippen LogP contribution in [0.3, 0.4) is 0 Å². The van der Waals surface area contributed by atoms with Crippen LogP contribution in [0.1, 0.15) is 19.4 Å². The maximum atomic E-state index is 13.2. The predicted molar refractivity (Wildman–Crippen MR) is 66.5 cm³/mol. The van der Waals surface area contributed by atoms with E-state index in [1.165, 1.54) is 39.2 Å². The van der Waals surface area contributed by atoms with E-state index < -0.39 is 23.2 Å². The van der Waals surface area contributed by atoms with Crippen molar-refractivity contribution in [1.82, 2.24) is 5.32 Å². The smallest absolute Gasteiger partial charge is 0.329 e. The van der Waals surface area contributed by atoms with Crippen molar-refractivity contribution < 1.29 is 23.8 Å². The van der Waals surface area contributed by atoms with Crippen molar-refractivity contribution in [2.24, 2.45) is 0 Å². The minimum Gasteiger partial charge on any atom is -0.496 e. The summed E-state index contributed by atoms with van der Waals surface area (Å²) in [6, 6.07) is 3.83. The van der Waals surface area contributed by atoms with E-state index in [4.69, 9.17) is 4.74 Å². The van der Waals surface area contributed by atoms with Crippen LogP contribution in [-0.2, 0) is 16.0 Å². The van der Waals surface area contributed by atoms with E-state index in [-0.39, 0.29) is 6.42 Å². The Labute approximate surface area is 110 Å². The first kappa shape index (κ1) is 14.9. The monoisotopic (exact) mass is 269 g/mol. The number of methoxy groups -OCH3 is 1. The Hall–Kier alpha value is -2.11. The third-order valence-electron chi connectivity index (χ3n) is 2.71. The number of amides is 1. The number of carboxylic acids is 1. The van der Waals surface area contributed by atoms with Crippen LogP contribution < -0.4 is 10.1 Å². The number of carbonyl (C=O) groups excluding carboxylic acids is 1. The summed E-state index contributed by atoms with van der Waals surface area (Å²) in [5, 5.41) is 11.6. The third kappa shape index (κ3) is 3.67. The van der Waals surface area contributed by atoms with Gasteiger partial charge in [0.25, 0.3) is 0 Å². The predicted octanol–water partition coefficient (Wildman–Crippen LogP) is 1.36. The highest BCUT2D eigenvalue weighted by atomic mass is 19.1. The average Bonchev–Trinajstić information content (AvgIpc) is 2.27. The van der Waals surface area contributed by atoms with E-state index in [0.29, 0.717) is 11.3 Å². The molecule has 0 aliphatic carbocycles. The lowest BCUT2D eigenvalue weighted by atomic mass is 9.92. The van der Waals surface area contributed by atoms with Gasteiger partial charge in [-0.2, -0.15) is 0 Å². The van der Waals surface area contributed by atoms with Gasteiger partial charge >= 0.3 is 5.97 Å². The van der Waals surface area contributed by atoms with Gasteiger partial charge in [-0.05, 0) is 30.7 Å². The number of carbonyl (C=O) groups is 2. The molecule has 0 aromatic heterocycles. The molecule has 5 nitrogen and oxygen atoms in total. The van der Waals surface area contributed by atoms with Crippen molar-refractivity contribution in [3.8, 4) is 5.75 Å². The lowest BCUT2D eigenvalue weighted by molar-refractivity contribution is -0.146. The van der Waals surface area contributed by atoms with Gasteiger partial charge in [-0.1, -0.05) is 0 Å². The molecule has 0 heterocycles. The maximum absolute atomic E-state index is 13.2. The van der Waals surface area contributed by atoms with Crippen molar-refractivity contribution >= 4 is 11.9 Å². The fourth-order valence-corrected chi connectivity index (χ4v) is 1.83. The quantitative estimate of drug-likeness (QED) is 0.846. The highest BCUT2D eigenvalue weighted by Gasteiger charge is 2.35. The SMILES string of the molecule is COc1ccc(F)cc1C[C@](C)(NC(C)=O)C(=O)O. The summed E-state index contributed by atoms with van der Waals surface area (Å²) < 4.78 is 18.3. The average molecular weight is 269 g/mol. The lowest BCUT2D eigenvalue weighted by Crippen LogP contribution is -2.53. The second-order valence-electron chi connectivity index (χ2n) is 4.45. The van der Waals surface area contributed by atoms with Gasteiger partial charge in [-0.15, -0.1) is 0 Å². The number of hydrogen-bond acceptors (Lipinski definition) is 3. The van der Waals surface area contributed by atoms with Crippen LogP contribution in [0.25, 0.3) is 0 Å². The van der Waals surface area contributed by atoms with Crippen molar-refractivity contribution in [3.05, 3.63) is 29.6 Å². The number of halogens is 1. The van der Waals surface area contributed by atoms with Crippen molar-refractivity contribution in [1.29, 1.82) is 0 Å². The van der Waals surface area contributed by atoms with E-state index in [1.807, 2.05) is 0 Å². The Morgan fingerprint density at radius 1 is 1.47 bits per heavy atom. The first-order valence-corrected chi connectivity index (χ1v) is 5.63. The van der Waals surface area contributed by atoms with E-state index in [2.05, 4.69) is 5.32 Å². The standard InChI is InChI=1S/C13H16FNO4/c1-8(16)15-13(2,12(17)18)7-9-6-10(14)4-5-11(9)19-3/h4-6H,7H2,1-3H3,(H,15,16)(H,17,18)/t13-/m0/s1. The van der Waals surface area contributed by atoms with Gasteiger partial charge in [0.1, 0.15) is 17.1 Å². The molecule has 0 unspecified atom stereocenters. The summed E-state index contributed by atoms with van der Waals surface area (Å²) in [5.41, 5.74) is -1.14. The molecule has 0 fully saturated rings. The largest absolute Gasteiger partial charge is 0.496 e. The number of nitrogens with one attached hydrogen (secondary N) is 1. The van der Waals surface area contributed by atoms with E-state index in [0.717, 1.165) is 0 Å². The number of carboxylic acid groups (broad SMARTS) is 1. The Morgan fingerprint density at radius 3 is 2.58 bits per heavy atom. The van der Waals surface area contributed by atoms with Crippen LogP contribution in [0.15, 0.2) is 18.2 Å². The minimum absolute atomic E-state index is 0.0805. The third-order valence-corrected chi connectivity index (χ3v) is 2.71. The van der Waals surface area contributed by atoms with Gasteiger partial charge in [0.15, 0.2) is 0 Å². The normalized spacial score (nSPS) is 13.5. The summed E-state index contributed by atoms with van der Waals surface area (Å²) in [7, 11) is 1.41. The number of rotatable bonds is 5. The molecule has 1 aromatic carbocycles. The zero-order valence-electron chi connectivity index (χ0n) is 11.0. The number of ether oxygens (including phenoxy) is 1. The zero-order valence-corrected chi connectivity index (χ0v) is 11.0. The van der Waals surface area contributed by atoms with E-state index in [9.17, 15) is 19.1 Å². The molecule has 1 aromatic rings. The molecule has 1 atom stereocenters. The molecule has 1 rings (SSSR count). The molecular weight excluding hydrogens is 253 g/mol. The summed E-state index contributed by atoms with van der Waals surface area (Å²) in [5.74, 6) is -1.79. The fraction of sp³-hybridized carbons (Fsp3) is 0.385. The van der Waals surface area contributed by atoms with Gasteiger partial charge in [0.2, 0.25) is 5.91 Å². The summed E-state index contributed by atoms with van der Waals surface area (Å²) in [4.78, 5) is 22.4. The van der Waals surface area contributed by atoms with Crippen LogP contribution >= 0.6 is 0 Å². The highest BCUT2D eigenvalue weighted by Crippen LogP contribution is 2.24. The topological polar surface area (TPSA) is 75.6 Å². The van der Waals surface area contributed by atoms with E-state index >= 15 is 0 Å². The van der Waals surface area contributed by atoms with Crippen molar-refractivity contribution in [2.75, 3.05) is 7.11 Å². The Kier molecular flexibility index (Phi) is 4.47. The molecule has 0 aliphatic heterocycles. The zero-order chi connectivity index (χ0) is 14.6. The van der Waals surface area contributed by atoms with Gasteiger partial charge in [0.05, 0.1) is 7.11 Å². The molecule has 0 saturated heterocycles. The van der Waals surface area contributed by atoms with Crippen LogP contribution in [0.2, 0.25) is 0 Å². The van der Waals surface area contributed by atoms with Crippen LogP contribution in [-0.4, -0.2) is 29.6 Å². The van der Waals surface area contributed by atoms with Gasteiger partial charge in [0, 0.05) is 13.3 Å². The molecule has 0 spiro atoms. The number of aliphatic carboxylic acids is 1. The molecule has 0 bridgehead atoms. The van der Waals surface area contributed by atoms with Gasteiger partial charge in [-0.3, -0.25) is 4.79 Å². The molecule has 0 radical (unpaired) electrons. The molecule has 6 heteroatoms. The second-order valence-corrected chi connectivity index (χ2v) is 4.45. The second kappa shape index (κ2) is 5.69. The molecule has 0 aliphatic rings. The van der Waals surface area contributed by atoms with E-state index in [1.54, 1.807) is 0 Å². The van der Waals surface area contributed by atoms with Crippen LogP contribution in [0.5, 0.6) is 5.75 Å². The maximum Gasteiger partial charge on any atom is 0.329 e. The minimum atomic E-state index is -1.52. The summed E-state index contributed by atoms with van der Waals surface area (Å²) in [6.45, 7) is 2.59. The molecule has 104 valence electrons. The Bertz CT molecular complexity index is 503. The molecule has 19 heavy (non-hydrogen) atoms. The van der Waals surface area contributed by atoms with Crippen LogP contribution in [0, 0.1) is 5.82 Å². The number of benzene rings is 1.